The van der Waals surface area contributed by atoms with E-state index in [1.807, 2.05) is 35.9 Å². The van der Waals surface area contributed by atoms with Gasteiger partial charge in [-0.25, -0.2) is 4.98 Å². The lowest BCUT2D eigenvalue weighted by Crippen LogP contribution is -1.90. The lowest BCUT2D eigenvalue weighted by Gasteiger charge is -2.02. The van der Waals surface area contributed by atoms with Crippen LogP contribution in [-0.4, -0.2) is 9.55 Å². The van der Waals surface area contributed by atoms with E-state index in [1.54, 1.807) is 6.20 Å². The normalized spacial score (nSPS) is 10.5. The smallest absolute Gasteiger partial charge is 0.202 e. The van der Waals surface area contributed by atoms with Crippen molar-refractivity contribution in [1.82, 2.24) is 9.55 Å². The van der Waals surface area contributed by atoms with Gasteiger partial charge in [-0.3, -0.25) is 0 Å². The zero-order valence-corrected chi connectivity index (χ0v) is 9.05. The minimum absolute atomic E-state index is 0.472. The minimum atomic E-state index is 0.472. The molecule has 0 aliphatic rings. The molecule has 0 atom stereocenters. The summed E-state index contributed by atoms with van der Waals surface area (Å²) in [5, 5.41) is 1.18. The highest BCUT2D eigenvalue weighted by Crippen LogP contribution is 2.24. The Labute approximate surface area is 92.1 Å². The summed E-state index contributed by atoms with van der Waals surface area (Å²) in [5.41, 5.74) is 1.97. The molecule has 0 N–H and O–H groups in total. The number of hydrogen-bond donors (Lipinski definition) is 0. The van der Waals surface area contributed by atoms with Crippen LogP contribution in [0.25, 0.3) is 11.3 Å². The summed E-state index contributed by atoms with van der Waals surface area (Å²) in [6, 6.07) is 7.59. The SMILES string of the molecule is Cn1c(-c2cccc(Cl)c2)cnc1Cl. The lowest BCUT2D eigenvalue weighted by atomic mass is 10.2. The average Bonchev–Trinajstić information content (AvgIpc) is 2.48. The molecule has 1 aromatic carbocycles. The van der Waals surface area contributed by atoms with Crippen LogP contribution in [-0.2, 0) is 7.05 Å². The Morgan fingerprint density at radius 2 is 2.07 bits per heavy atom. The number of nitrogens with zero attached hydrogens (tertiary/aromatic N) is 2. The number of rotatable bonds is 1. The van der Waals surface area contributed by atoms with Crippen LogP contribution in [0.1, 0.15) is 0 Å². The fourth-order valence-electron chi connectivity index (χ4n) is 1.30. The Kier molecular flexibility index (Phi) is 2.48. The molecule has 0 radical (unpaired) electrons. The fourth-order valence-corrected chi connectivity index (χ4v) is 1.63. The molecule has 0 bridgehead atoms. The molecule has 0 fully saturated rings. The molecule has 0 unspecified atom stereocenters. The molecule has 0 aliphatic heterocycles. The second kappa shape index (κ2) is 3.64. The number of aromatic nitrogens is 2. The average molecular weight is 227 g/mol. The Morgan fingerprint density at radius 1 is 1.29 bits per heavy atom. The van der Waals surface area contributed by atoms with Crippen molar-refractivity contribution in [3.8, 4) is 11.3 Å². The zero-order chi connectivity index (χ0) is 10.1. The number of benzene rings is 1. The van der Waals surface area contributed by atoms with E-state index in [0.717, 1.165) is 11.3 Å². The van der Waals surface area contributed by atoms with Gasteiger partial charge in [0, 0.05) is 17.6 Å². The van der Waals surface area contributed by atoms with Crippen LogP contribution in [0.2, 0.25) is 10.3 Å². The van der Waals surface area contributed by atoms with E-state index in [9.17, 15) is 0 Å². The summed E-state index contributed by atoms with van der Waals surface area (Å²) in [7, 11) is 1.87. The van der Waals surface area contributed by atoms with E-state index in [1.165, 1.54) is 0 Å². The van der Waals surface area contributed by atoms with Crippen LogP contribution in [0.4, 0.5) is 0 Å². The van der Waals surface area contributed by atoms with Gasteiger partial charge in [-0.1, -0.05) is 23.7 Å². The molecule has 4 heteroatoms. The maximum absolute atomic E-state index is 5.89. The largest absolute Gasteiger partial charge is 0.318 e. The van der Waals surface area contributed by atoms with Gasteiger partial charge in [0.25, 0.3) is 0 Å². The molecular formula is C10H8Cl2N2. The van der Waals surface area contributed by atoms with Gasteiger partial charge in [0.05, 0.1) is 11.9 Å². The van der Waals surface area contributed by atoms with Gasteiger partial charge in [-0.2, -0.15) is 0 Å². The van der Waals surface area contributed by atoms with Gasteiger partial charge in [0.15, 0.2) is 0 Å². The first-order valence-corrected chi connectivity index (χ1v) is 4.87. The summed E-state index contributed by atoms with van der Waals surface area (Å²) in [5.74, 6) is 0. The highest BCUT2D eigenvalue weighted by atomic mass is 35.5. The molecule has 2 nitrogen and oxygen atoms in total. The quantitative estimate of drug-likeness (QED) is 0.730. The van der Waals surface area contributed by atoms with Crippen LogP contribution in [0.5, 0.6) is 0 Å². The fraction of sp³-hybridized carbons (Fsp3) is 0.100. The van der Waals surface area contributed by atoms with Crippen molar-refractivity contribution in [3.05, 3.63) is 40.8 Å². The van der Waals surface area contributed by atoms with Crippen molar-refractivity contribution in [2.45, 2.75) is 0 Å². The molecule has 0 saturated carbocycles. The highest BCUT2D eigenvalue weighted by Gasteiger charge is 2.06. The predicted octanol–water partition coefficient (Wildman–Crippen LogP) is 3.39. The predicted molar refractivity (Wildman–Crippen MR) is 58.7 cm³/mol. The van der Waals surface area contributed by atoms with Crippen LogP contribution in [0.15, 0.2) is 30.5 Å². The molecule has 1 aromatic heterocycles. The third kappa shape index (κ3) is 1.63. The third-order valence-electron chi connectivity index (χ3n) is 2.05. The summed E-state index contributed by atoms with van der Waals surface area (Å²) >= 11 is 11.7. The summed E-state index contributed by atoms with van der Waals surface area (Å²) in [6.45, 7) is 0. The molecular weight excluding hydrogens is 219 g/mol. The van der Waals surface area contributed by atoms with E-state index < -0.39 is 0 Å². The van der Waals surface area contributed by atoms with Gasteiger partial charge in [0.2, 0.25) is 5.28 Å². The maximum atomic E-state index is 5.89. The van der Waals surface area contributed by atoms with Gasteiger partial charge in [-0.05, 0) is 23.7 Å². The van der Waals surface area contributed by atoms with Crippen molar-refractivity contribution in [2.75, 3.05) is 0 Å². The topological polar surface area (TPSA) is 17.8 Å². The Hall–Kier alpha value is -0.990. The van der Waals surface area contributed by atoms with E-state index in [-0.39, 0.29) is 0 Å². The molecule has 0 amide bonds. The number of hydrogen-bond acceptors (Lipinski definition) is 1. The standard InChI is InChI=1S/C10H8Cl2N2/c1-14-9(6-13-10(14)12)7-3-2-4-8(11)5-7/h2-6H,1H3. The minimum Gasteiger partial charge on any atom is -0.318 e. The van der Waals surface area contributed by atoms with E-state index in [2.05, 4.69) is 4.98 Å². The molecule has 2 aromatic rings. The molecule has 0 spiro atoms. The van der Waals surface area contributed by atoms with Crippen LogP contribution >= 0.6 is 23.2 Å². The molecule has 72 valence electrons. The summed E-state index contributed by atoms with van der Waals surface area (Å²) in [6.07, 6.45) is 1.73. The molecule has 0 aliphatic carbocycles. The van der Waals surface area contributed by atoms with Gasteiger partial charge >= 0.3 is 0 Å². The lowest BCUT2D eigenvalue weighted by molar-refractivity contribution is 0.922. The van der Waals surface area contributed by atoms with E-state index in [4.69, 9.17) is 23.2 Å². The van der Waals surface area contributed by atoms with Crippen LogP contribution < -0.4 is 0 Å². The molecule has 14 heavy (non-hydrogen) atoms. The van der Waals surface area contributed by atoms with Crippen molar-refractivity contribution in [2.24, 2.45) is 7.05 Å². The number of halogens is 2. The Bertz CT molecular complexity index is 463. The third-order valence-corrected chi connectivity index (χ3v) is 2.64. The van der Waals surface area contributed by atoms with Crippen molar-refractivity contribution in [3.63, 3.8) is 0 Å². The van der Waals surface area contributed by atoms with Crippen LogP contribution in [0.3, 0.4) is 0 Å². The van der Waals surface area contributed by atoms with Crippen LogP contribution in [0, 0.1) is 0 Å². The second-order valence-electron chi connectivity index (χ2n) is 2.98. The maximum Gasteiger partial charge on any atom is 0.202 e. The first kappa shape index (κ1) is 9.56. The monoisotopic (exact) mass is 226 g/mol. The first-order chi connectivity index (χ1) is 6.68. The van der Waals surface area contributed by atoms with Gasteiger partial charge < -0.3 is 4.57 Å². The van der Waals surface area contributed by atoms with E-state index >= 15 is 0 Å². The van der Waals surface area contributed by atoms with Gasteiger partial charge in [0.1, 0.15) is 0 Å². The highest BCUT2D eigenvalue weighted by molar-refractivity contribution is 6.31. The molecule has 0 saturated heterocycles. The molecule has 2 rings (SSSR count). The van der Waals surface area contributed by atoms with Crippen molar-refractivity contribution < 1.29 is 0 Å². The summed E-state index contributed by atoms with van der Waals surface area (Å²) in [4.78, 5) is 4.01. The second-order valence-corrected chi connectivity index (χ2v) is 3.76. The zero-order valence-electron chi connectivity index (χ0n) is 7.54. The molecule has 1 heterocycles. The Balaban J connectivity index is 2.55. The first-order valence-electron chi connectivity index (χ1n) is 4.11. The number of imidazole rings is 1. The Morgan fingerprint density at radius 3 is 2.64 bits per heavy atom. The summed E-state index contributed by atoms with van der Waals surface area (Å²) < 4.78 is 1.81. The van der Waals surface area contributed by atoms with Gasteiger partial charge in [-0.15, -0.1) is 0 Å². The van der Waals surface area contributed by atoms with Crippen molar-refractivity contribution >= 4 is 23.2 Å². The van der Waals surface area contributed by atoms with Crippen molar-refractivity contribution in [1.29, 1.82) is 0 Å². The van der Waals surface area contributed by atoms with E-state index in [0.29, 0.717) is 10.3 Å².